The lowest BCUT2D eigenvalue weighted by Crippen LogP contribution is -2.35. The average Bonchev–Trinajstić information content (AvgIpc) is 3.42. The lowest BCUT2D eigenvalue weighted by molar-refractivity contribution is 0.103. The molecule has 0 amide bonds. The smallest absolute Gasteiger partial charge is 0.244 e. The van der Waals surface area contributed by atoms with Gasteiger partial charge in [-0.3, -0.25) is 4.79 Å². The number of benzene rings is 2. The molecule has 0 bridgehead atoms. The van der Waals surface area contributed by atoms with E-state index >= 15 is 0 Å². The SMILES string of the molecule is O=C(C1=C2SC=C(c3ccccc3)N2CC1)c1ccc(Cl)c(S(=O)(=O)N2CCCCC2)c1. The zero-order chi connectivity index (χ0) is 22.3. The molecule has 8 heteroatoms. The number of sulfonamides is 1. The summed E-state index contributed by atoms with van der Waals surface area (Å²) in [5, 5.41) is 3.16. The number of ketones is 1. The van der Waals surface area contributed by atoms with E-state index in [1.807, 2.05) is 18.2 Å². The average molecular weight is 487 g/mol. The van der Waals surface area contributed by atoms with Crippen molar-refractivity contribution in [2.24, 2.45) is 0 Å². The standard InChI is InChI=1S/C24H23ClN2O3S2/c25-20-10-9-18(15-22(20)32(29,30)26-12-5-2-6-13-26)23(28)19-11-14-27-21(16-31-24(19)27)17-7-3-1-4-8-17/h1,3-4,7-10,15-16H,2,5-6,11-14H2. The van der Waals surface area contributed by atoms with Crippen molar-refractivity contribution in [3.05, 3.63) is 80.7 Å². The summed E-state index contributed by atoms with van der Waals surface area (Å²) in [6.45, 7) is 1.72. The minimum absolute atomic E-state index is 0.0227. The Morgan fingerprint density at radius 2 is 1.72 bits per heavy atom. The number of nitrogens with zero attached hydrogens (tertiary/aromatic N) is 2. The van der Waals surface area contributed by atoms with E-state index < -0.39 is 10.0 Å². The van der Waals surface area contributed by atoms with E-state index in [1.54, 1.807) is 17.8 Å². The summed E-state index contributed by atoms with van der Waals surface area (Å²) in [5.74, 6) is -0.135. The maximum Gasteiger partial charge on any atom is 0.244 e. The molecule has 166 valence electrons. The van der Waals surface area contributed by atoms with Gasteiger partial charge in [0.25, 0.3) is 0 Å². The van der Waals surface area contributed by atoms with E-state index in [1.165, 1.54) is 16.4 Å². The molecule has 0 saturated carbocycles. The van der Waals surface area contributed by atoms with Crippen molar-refractivity contribution < 1.29 is 13.2 Å². The normalized spacial score (nSPS) is 19.3. The first-order valence-corrected chi connectivity index (χ1v) is 13.4. The Hall–Kier alpha value is -2.06. The summed E-state index contributed by atoms with van der Waals surface area (Å²) in [4.78, 5) is 15.6. The van der Waals surface area contributed by atoms with Crippen LogP contribution >= 0.6 is 23.4 Å². The number of carbonyl (C=O) groups excluding carboxylic acids is 1. The third kappa shape index (κ3) is 3.81. The number of piperidine rings is 1. The third-order valence-corrected chi connectivity index (χ3v) is 9.54. The molecule has 2 aromatic rings. The number of carbonyl (C=O) groups is 1. The first-order valence-electron chi connectivity index (χ1n) is 10.7. The third-order valence-electron chi connectivity index (χ3n) is 6.13. The van der Waals surface area contributed by atoms with Gasteiger partial charge in [0.2, 0.25) is 10.0 Å². The van der Waals surface area contributed by atoms with Crippen molar-refractivity contribution in [2.75, 3.05) is 19.6 Å². The molecule has 0 radical (unpaired) electrons. The monoisotopic (exact) mass is 486 g/mol. The zero-order valence-corrected chi connectivity index (χ0v) is 19.8. The van der Waals surface area contributed by atoms with E-state index in [0.29, 0.717) is 25.1 Å². The second-order valence-electron chi connectivity index (χ2n) is 8.11. The van der Waals surface area contributed by atoms with Gasteiger partial charge < -0.3 is 4.90 Å². The van der Waals surface area contributed by atoms with Crippen LogP contribution in [0, 0.1) is 0 Å². The van der Waals surface area contributed by atoms with Gasteiger partial charge in [-0.1, -0.05) is 60.1 Å². The van der Waals surface area contributed by atoms with Gasteiger partial charge in [0.1, 0.15) is 4.90 Å². The Kier molecular flexibility index (Phi) is 5.92. The van der Waals surface area contributed by atoms with Gasteiger partial charge in [-0.05, 0) is 43.0 Å². The van der Waals surface area contributed by atoms with Crippen molar-refractivity contribution in [3.63, 3.8) is 0 Å². The molecule has 1 saturated heterocycles. The lowest BCUT2D eigenvalue weighted by atomic mass is 10.0. The van der Waals surface area contributed by atoms with Crippen molar-refractivity contribution >= 4 is 44.9 Å². The predicted octanol–water partition coefficient (Wildman–Crippen LogP) is 5.36. The van der Waals surface area contributed by atoms with Gasteiger partial charge in [0.15, 0.2) is 5.78 Å². The summed E-state index contributed by atoms with van der Waals surface area (Å²) < 4.78 is 27.8. The Morgan fingerprint density at radius 1 is 0.969 bits per heavy atom. The molecule has 1 fully saturated rings. The predicted molar refractivity (Wildman–Crippen MR) is 129 cm³/mol. The lowest BCUT2D eigenvalue weighted by Gasteiger charge is -2.26. The fourth-order valence-electron chi connectivity index (χ4n) is 4.44. The number of hydrogen-bond acceptors (Lipinski definition) is 5. The molecule has 0 aliphatic carbocycles. The van der Waals surface area contributed by atoms with Crippen LogP contribution in [0.25, 0.3) is 5.70 Å². The van der Waals surface area contributed by atoms with Crippen molar-refractivity contribution in [1.29, 1.82) is 0 Å². The molecule has 0 atom stereocenters. The second kappa shape index (κ2) is 8.71. The van der Waals surface area contributed by atoms with Crippen molar-refractivity contribution in [1.82, 2.24) is 9.21 Å². The highest BCUT2D eigenvalue weighted by Gasteiger charge is 2.35. The zero-order valence-electron chi connectivity index (χ0n) is 17.5. The molecular weight excluding hydrogens is 464 g/mol. The Labute approximate surface area is 197 Å². The van der Waals surface area contributed by atoms with Gasteiger partial charge >= 0.3 is 0 Å². The molecule has 2 aromatic carbocycles. The molecule has 3 aliphatic heterocycles. The Bertz CT molecular complexity index is 1230. The molecule has 3 heterocycles. The maximum absolute atomic E-state index is 13.4. The van der Waals surface area contributed by atoms with Crippen molar-refractivity contribution in [3.8, 4) is 0 Å². The highest BCUT2D eigenvalue weighted by atomic mass is 35.5. The molecule has 0 spiro atoms. The maximum atomic E-state index is 13.4. The first-order chi connectivity index (χ1) is 15.5. The van der Waals surface area contributed by atoms with Gasteiger partial charge in [-0.25, -0.2) is 8.42 Å². The van der Waals surface area contributed by atoms with Crippen LogP contribution in [-0.2, 0) is 10.0 Å². The summed E-state index contributed by atoms with van der Waals surface area (Å²) in [6, 6.07) is 14.7. The van der Waals surface area contributed by atoms with Crippen LogP contribution in [-0.4, -0.2) is 43.0 Å². The fraction of sp³-hybridized carbons (Fsp3) is 0.292. The van der Waals surface area contributed by atoms with Gasteiger partial charge in [0.05, 0.1) is 15.7 Å². The molecule has 0 N–H and O–H groups in total. The number of rotatable bonds is 5. The quantitative estimate of drug-likeness (QED) is 0.532. The molecule has 3 aliphatic rings. The molecule has 0 unspecified atom stereocenters. The highest BCUT2D eigenvalue weighted by molar-refractivity contribution is 8.06. The van der Waals surface area contributed by atoms with Gasteiger partial charge in [-0.15, -0.1) is 0 Å². The summed E-state index contributed by atoms with van der Waals surface area (Å²) in [7, 11) is -3.73. The van der Waals surface area contributed by atoms with Gasteiger partial charge in [0, 0.05) is 36.2 Å². The van der Waals surface area contributed by atoms with Crippen LogP contribution in [0.4, 0.5) is 0 Å². The van der Waals surface area contributed by atoms with E-state index in [0.717, 1.165) is 47.7 Å². The Morgan fingerprint density at radius 3 is 2.47 bits per heavy atom. The van der Waals surface area contributed by atoms with E-state index in [9.17, 15) is 13.2 Å². The van der Waals surface area contributed by atoms with Crippen LogP contribution in [0.2, 0.25) is 5.02 Å². The Balaban J connectivity index is 1.45. The van der Waals surface area contributed by atoms with Crippen LogP contribution in [0.1, 0.15) is 41.6 Å². The first kappa shape index (κ1) is 21.8. The minimum Gasteiger partial charge on any atom is -0.334 e. The van der Waals surface area contributed by atoms with Crippen LogP contribution < -0.4 is 0 Å². The van der Waals surface area contributed by atoms with E-state index in [4.69, 9.17) is 11.6 Å². The summed E-state index contributed by atoms with van der Waals surface area (Å²) in [6.07, 6.45) is 3.34. The number of Topliss-reactive ketones (excluding diaryl/α,β-unsaturated/α-hetero) is 1. The largest absolute Gasteiger partial charge is 0.334 e. The fourth-order valence-corrected chi connectivity index (χ4v) is 7.60. The molecule has 32 heavy (non-hydrogen) atoms. The van der Waals surface area contributed by atoms with Crippen LogP contribution in [0.15, 0.2) is 69.4 Å². The van der Waals surface area contributed by atoms with E-state index in [2.05, 4.69) is 22.4 Å². The van der Waals surface area contributed by atoms with Gasteiger partial charge in [-0.2, -0.15) is 4.31 Å². The summed E-state index contributed by atoms with van der Waals surface area (Å²) in [5.41, 5.74) is 3.30. The van der Waals surface area contributed by atoms with Crippen molar-refractivity contribution in [2.45, 2.75) is 30.6 Å². The minimum atomic E-state index is -3.73. The number of halogens is 1. The summed E-state index contributed by atoms with van der Waals surface area (Å²) >= 11 is 7.84. The molecule has 5 rings (SSSR count). The highest BCUT2D eigenvalue weighted by Crippen LogP contribution is 2.46. The van der Waals surface area contributed by atoms with Crippen LogP contribution in [0.5, 0.6) is 0 Å². The molecule has 5 nitrogen and oxygen atoms in total. The topological polar surface area (TPSA) is 57.7 Å². The van der Waals surface area contributed by atoms with E-state index in [-0.39, 0.29) is 15.7 Å². The van der Waals surface area contributed by atoms with Crippen LogP contribution in [0.3, 0.4) is 0 Å². The molecule has 0 aromatic heterocycles. The molecular formula is C24H23ClN2O3S2. The number of fused-ring (bicyclic) bond motifs is 1. The second-order valence-corrected chi connectivity index (χ2v) is 11.3. The number of thioether (sulfide) groups is 1. The number of hydrogen-bond donors (Lipinski definition) is 0.